The highest BCUT2D eigenvalue weighted by molar-refractivity contribution is 5.83. The first-order valence-electron chi connectivity index (χ1n) is 5.85. The van der Waals surface area contributed by atoms with Gasteiger partial charge in [-0.1, -0.05) is 40.5 Å². The number of carbonyl (C=O) groups excluding carboxylic acids is 1. The molecule has 18 heavy (non-hydrogen) atoms. The largest absolute Gasteiger partial charge is 0.480 e. The molecule has 0 aromatic carbocycles. The summed E-state index contributed by atoms with van der Waals surface area (Å²) in [6.07, 6.45) is 5.29. The fourth-order valence-corrected chi connectivity index (χ4v) is 1.36. The highest BCUT2D eigenvalue weighted by Crippen LogP contribution is 2.19. The van der Waals surface area contributed by atoms with Crippen LogP contribution in [-0.4, -0.2) is 29.2 Å². The van der Waals surface area contributed by atoms with Gasteiger partial charge in [0.2, 0.25) is 0 Å². The van der Waals surface area contributed by atoms with Crippen molar-refractivity contribution in [3.05, 3.63) is 0 Å². The number of terminal acetylenes is 1. The quantitative estimate of drug-likeness (QED) is 0.664. The first-order chi connectivity index (χ1) is 8.09. The van der Waals surface area contributed by atoms with Gasteiger partial charge in [-0.3, -0.25) is 0 Å². The monoisotopic (exact) mass is 254 g/mol. The second-order valence-electron chi connectivity index (χ2n) is 5.64. The zero-order valence-electron chi connectivity index (χ0n) is 11.6. The molecule has 3 N–H and O–H groups in total. The maximum atomic E-state index is 11.7. The van der Waals surface area contributed by atoms with E-state index < -0.39 is 29.5 Å². The first kappa shape index (κ1) is 16.3. The lowest BCUT2D eigenvalue weighted by atomic mass is 9.87. The average molecular weight is 254 g/mol. The minimum absolute atomic E-state index is 0.0821. The minimum atomic E-state index is -1.07. The van der Waals surface area contributed by atoms with Crippen LogP contribution in [0.25, 0.3) is 0 Å². The van der Waals surface area contributed by atoms with Crippen LogP contribution in [0.4, 0.5) is 4.79 Å². The number of carboxylic acids is 1. The number of carboxylic acid groups (broad SMARTS) is 1. The van der Waals surface area contributed by atoms with E-state index >= 15 is 0 Å². The minimum Gasteiger partial charge on any atom is -0.480 e. The van der Waals surface area contributed by atoms with Crippen LogP contribution in [0.1, 0.15) is 34.6 Å². The third-order valence-corrected chi connectivity index (χ3v) is 2.52. The number of hydrogen-bond donors (Lipinski definition) is 3. The standard InChI is InChI=1S/C13H22N2O3/c1-7-9(8(2)3)14-12(18)15-10(11(16)17)13(4,5)6/h1,8-10H,2-6H3,(H,16,17)(H2,14,15,18)/t9?,10-/m1/s1. The highest BCUT2D eigenvalue weighted by Gasteiger charge is 2.32. The Morgan fingerprint density at radius 3 is 2.00 bits per heavy atom. The van der Waals surface area contributed by atoms with Crippen LogP contribution in [0.5, 0.6) is 0 Å². The Hall–Kier alpha value is -1.70. The predicted molar refractivity (Wildman–Crippen MR) is 70.0 cm³/mol. The zero-order chi connectivity index (χ0) is 14.5. The van der Waals surface area contributed by atoms with E-state index in [1.54, 1.807) is 20.8 Å². The Morgan fingerprint density at radius 2 is 1.72 bits per heavy atom. The van der Waals surface area contributed by atoms with E-state index in [2.05, 4.69) is 16.6 Å². The van der Waals surface area contributed by atoms with Crippen molar-refractivity contribution in [2.24, 2.45) is 11.3 Å². The summed E-state index contributed by atoms with van der Waals surface area (Å²) < 4.78 is 0. The number of amides is 2. The van der Waals surface area contributed by atoms with E-state index in [9.17, 15) is 9.59 Å². The zero-order valence-corrected chi connectivity index (χ0v) is 11.6. The third-order valence-electron chi connectivity index (χ3n) is 2.52. The van der Waals surface area contributed by atoms with Crippen molar-refractivity contribution in [1.29, 1.82) is 0 Å². The van der Waals surface area contributed by atoms with E-state index in [0.717, 1.165) is 0 Å². The predicted octanol–water partition coefficient (Wildman–Crippen LogP) is 1.44. The van der Waals surface area contributed by atoms with Gasteiger partial charge in [-0.05, 0) is 11.3 Å². The molecule has 0 rings (SSSR count). The van der Waals surface area contributed by atoms with E-state index in [1.807, 2.05) is 13.8 Å². The van der Waals surface area contributed by atoms with Crippen molar-refractivity contribution in [1.82, 2.24) is 10.6 Å². The van der Waals surface area contributed by atoms with E-state index in [-0.39, 0.29) is 5.92 Å². The fraction of sp³-hybridized carbons (Fsp3) is 0.692. The molecule has 0 aliphatic carbocycles. The van der Waals surface area contributed by atoms with Gasteiger partial charge in [0, 0.05) is 0 Å². The smallest absolute Gasteiger partial charge is 0.326 e. The van der Waals surface area contributed by atoms with Crippen LogP contribution in [0, 0.1) is 23.7 Å². The molecule has 0 bridgehead atoms. The normalized spacial score (nSPS) is 14.5. The lowest BCUT2D eigenvalue weighted by molar-refractivity contribution is -0.141. The summed E-state index contributed by atoms with van der Waals surface area (Å²) in [6.45, 7) is 8.99. The van der Waals surface area contributed by atoms with Gasteiger partial charge in [-0.25, -0.2) is 9.59 Å². The summed E-state index contributed by atoms with van der Waals surface area (Å²) in [4.78, 5) is 22.8. The summed E-state index contributed by atoms with van der Waals surface area (Å²) in [6, 6.07) is -1.95. The molecule has 0 aliphatic heterocycles. The Bertz CT molecular complexity index is 350. The van der Waals surface area contributed by atoms with Gasteiger partial charge < -0.3 is 15.7 Å². The Balaban J connectivity index is 4.64. The molecule has 0 saturated carbocycles. The molecule has 0 aliphatic rings. The van der Waals surface area contributed by atoms with Gasteiger partial charge in [-0.2, -0.15) is 0 Å². The summed E-state index contributed by atoms with van der Waals surface area (Å²) in [5.41, 5.74) is -0.577. The summed E-state index contributed by atoms with van der Waals surface area (Å²) in [7, 11) is 0. The molecule has 0 aromatic heterocycles. The fourth-order valence-electron chi connectivity index (χ4n) is 1.36. The van der Waals surface area contributed by atoms with Crippen molar-refractivity contribution in [2.75, 3.05) is 0 Å². The number of nitrogens with one attached hydrogen (secondary N) is 2. The van der Waals surface area contributed by atoms with Crippen molar-refractivity contribution in [3.8, 4) is 12.3 Å². The first-order valence-corrected chi connectivity index (χ1v) is 5.85. The molecule has 0 aromatic rings. The molecule has 5 nitrogen and oxygen atoms in total. The van der Waals surface area contributed by atoms with Gasteiger partial charge in [-0.15, -0.1) is 6.42 Å². The van der Waals surface area contributed by atoms with E-state index in [1.165, 1.54) is 0 Å². The Morgan fingerprint density at radius 1 is 1.22 bits per heavy atom. The second-order valence-corrected chi connectivity index (χ2v) is 5.64. The molecule has 0 radical (unpaired) electrons. The van der Waals surface area contributed by atoms with E-state index in [4.69, 9.17) is 11.5 Å². The Labute approximate surface area is 108 Å². The summed E-state index contributed by atoms with van der Waals surface area (Å²) >= 11 is 0. The van der Waals surface area contributed by atoms with Gasteiger partial charge in [0.25, 0.3) is 0 Å². The molecular formula is C13H22N2O3. The lowest BCUT2D eigenvalue weighted by Gasteiger charge is -2.28. The SMILES string of the molecule is C#CC(NC(=O)N[C@H](C(=O)O)C(C)(C)C)C(C)C. The molecule has 2 atom stereocenters. The molecular weight excluding hydrogens is 232 g/mol. The topological polar surface area (TPSA) is 78.4 Å². The van der Waals surface area contributed by atoms with Crippen LogP contribution in [0.3, 0.4) is 0 Å². The molecule has 0 heterocycles. The van der Waals surface area contributed by atoms with Gasteiger partial charge >= 0.3 is 12.0 Å². The maximum absolute atomic E-state index is 11.7. The Kier molecular flexibility index (Phi) is 5.70. The van der Waals surface area contributed by atoms with Crippen molar-refractivity contribution in [3.63, 3.8) is 0 Å². The molecule has 5 heteroatoms. The molecule has 102 valence electrons. The number of aliphatic carboxylic acids is 1. The number of rotatable bonds is 4. The molecule has 0 spiro atoms. The number of carbonyl (C=O) groups is 2. The van der Waals surface area contributed by atoms with Crippen LogP contribution < -0.4 is 10.6 Å². The molecule has 1 unspecified atom stereocenters. The van der Waals surface area contributed by atoms with Gasteiger partial charge in [0.15, 0.2) is 0 Å². The van der Waals surface area contributed by atoms with Gasteiger partial charge in [0.1, 0.15) is 6.04 Å². The van der Waals surface area contributed by atoms with Crippen molar-refractivity contribution < 1.29 is 14.7 Å². The average Bonchev–Trinajstić information content (AvgIpc) is 2.19. The maximum Gasteiger partial charge on any atom is 0.326 e. The van der Waals surface area contributed by atoms with Crippen molar-refractivity contribution >= 4 is 12.0 Å². The van der Waals surface area contributed by atoms with Crippen LogP contribution in [0.15, 0.2) is 0 Å². The summed E-state index contributed by atoms with van der Waals surface area (Å²) in [5.74, 6) is 1.47. The summed E-state index contributed by atoms with van der Waals surface area (Å²) in [5, 5.41) is 14.1. The van der Waals surface area contributed by atoms with Crippen LogP contribution in [-0.2, 0) is 4.79 Å². The molecule has 2 amide bonds. The van der Waals surface area contributed by atoms with Crippen molar-refractivity contribution in [2.45, 2.75) is 46.7 Å². The number of hydrogen-bond acceptors (Lipinski definition) is 2. The number of urea groups is 1. The molecule has 0 saturated heterocycles. The van der Waals surface area contributed by atoms with Gasteiger partial charge in [0.05, 0.1) is 6.04 Å². The van der Waals surface area contributed by atoms with E-state index in [0.29, 0.717) is 0 Å². The lowest BCUT2D eigenvalue weighted by Crippen LogP contribution is -2.54. The van der Waals surface area contributed by atoms with Crippen LogP contribution >= 0.6 is 0 Å². The second kappa shape index (κ2) is 6.29. The third kappa shape index (κ3) is 5.09. The van der Waals surface area contributed by atoms with Crippen LogP contribution in [0.2, 0.25) is 0 Å². The molecule has 0 fully saturated rings. The highest BCUT2D eigenvalue weighted by atomic mass is 16.4.